The van der Waals surface area contributed by atoms with E-state index < -0.39 is 7.91 Å². The first-order valence-electron chi connectivity index (χ1n) is 0.752. The molecule has 41 valence electrons. The van der Waals surface area contributed by atoms with Crippen molar-refractivity contribution < 1.29 is 99.1 Å². The van der Waals surface area contributed by atoms with Crippen LogP contribution in [0.5, 0.6) is 0 Å². The molecule has 1 radical (unpaired) electrons. The van der Waals surface area contributed by atoms with Crippen LogP contribution in [0.1, 0.15) is 2.85 Å². The fraction of sp³-hybridized carbons (Fsp3) is 0. The van der Waals surface area contributed by atoms with E-state index in [0.29, 0.717) is 0 Å². The molecule has 0 heterocycles. The van der Waals surface area contributed by atoms with Crippen LogP contribution >= 0.6 is 7.91 Å². The van der Waals surface area contributed by atoms with E-state index in [0.717, 1.165) is 0 Å². The molecule has 0 rings (SSSR count). The van der Waals surface area contributed by atoms with Crippen LogP contribution in [0, 0.1) is 0 Å². The summed E-state index contributed by atoms with van der Waals surface area (Å²) < 4.78 is 19.0. The summed E-state index contributed by atoms with van der Waals surface area (Å²) >= 11 is 0. The van der Waals surface area contributed by atoms with Crippen molar-refractivity contribution in [1.82, 2.24) is 0 Å². The Morgan fingerprint density at radius 1 is 1.38 bits per heavy atom. The molecule has 0 aromatic heterocycles. The number of hydrogen-bond acceptors (Lipinski definition) is 1. The molecule has 0 saturated carbocycles. The minimum atomic E-state index is -5.14. The van der Waals surface area contributed by atoms with Crippen LogP contribution in [-0.4, -0.2) is 9.79 Å². The molecule has 0 bridgehead atoms. The topological polar surface area (TPSA) is 57.5 Å². The Labute approximate surface area is 106 Å². The standard InChI is InChI=1S/FH2O3P.2Na.V.2H/c1-5(2,3)4;;;;;/h(H2,2,3,4);;;;;/q;2*+1;;2*-1. The van der Waals surface area contributed by atoms with Crippen molar-refractivity contribution in [3.8, 4) is 0 Å². The van der Waals surface area contributed by atoms with Crippen molar-refractivity contribution in [1.29, 1.82) is 0 Å². The molecule has 8 heavy (non-hydrogen) atoms. The van der Waals surface area contributed by atoms with Gasteiger partial charge in [-0.25, -0.2) is 4.57 Å². The Hall–Kier alpha value is 2.66. The van der Waals surface area contributed by atoms with E-state index in [1.54, 1.807) is 0 Å². The summed E-state index contributed by atoms with van der Waals surface area (Å²) in [6, 6.07) is 0. The smallest absolute Gasteiger partial charge is 1.00 e. The van der Waals surface area contributed by atoms with Crippen molar-refractivity contribution >= 4 is 7.91 Å². The predicted molar refractivity (Wildman–Crippen MR) is 15.4 cm³/mol. The molecule has 2 N–H and O–H groups in total. The molecule has 0 amide bonds. The van der Waals surface area contributed by atoms with Gasteiger partial charge in [-0.3, -0.25) is 9.79 Å². The number of hydrogen-bond donors (Lipinski definition) is 2. The van der Waals surface area contributed by atoms with Gasteiger partial charge in [0.1, 0.15) is 0 Å². The zero-order chi connectivity index (χ0) is 4.50. The number of rotatable bonds is 0. The van der Waals surface area contributed by atoms with E-state index in [4.69, 9.17) is 14.4 Å². The average Bonchev–Trinajstić information content (AvgIpc) is 0.722. The van der Waals surface area contributed by atoms with Gasteiger partial charge in [-0.2, -0.15) is 0 Å². The predicted octanol–water partition coefficient (Wildman–Crippen LogP) is -5.72. The van der Waals surface area contributed by atoms with Gasteiger partial charge in [0.25, 0.3) is 0 Å². The first-order valence-corrected chi connectivity index (χ1v) is 2.25. The van der Waals surface area contributed by atoms with E-state index in [1.165, 1.54) is 0 Å². The van der Waals surface area contributed by atoms with Crippen molar-refractivity contribution in [3.05, 3.63) is 0 Å². The van der Waals surface area contributed by atoms with Gasteiger partial charge in [-0.1, -0.05) is 0 Å². The summed E-state index contributed by atoms with van der Waals surface area (Å²) in [4.78, 5) is 13.9. The van der Waals surface area contributed by atoms with Crippen LogP contribution in [0.15, 0.2) is 0 Å². The van der Waals surface area contributed by atoms with E-state index in [9.17, 15) is 4.20 Å². The molecular weight excluding hydrogens is 195 g/mol. The Morgan fingerprint density at radius 2 is 1.38 bits per heavy atom. The first-order chi connectivity index (χ1) is 2.00. The van der Waals surface area contributed by atoms with Gasteiger partial charge in [0, 0.05) is 18.6 Å². The monoisotopic (exact) mass is 199 g/mol. The van der Waals surface area contributed by atoms with Crippen LogP contribution in [0.3, 0.4) is 0 Å². The van der Waals surface area contributed by atoms with E-state index in [-0.39, 0.29) is 80.5 Å². The fourth-order valence-electron chi connectivity index (χ4n) is 0. The largest absolute Gasteiger partial charge is 1.00 e. The maximum atomic E-state index is 10.4. The molecule has 3 nitrogen and oxygen atoms in total. The molecule has 0 unspecified atom stereocenters. The van der Waals surface area contributed by atoms with Crippen LogP contribution < -0.4 is 59.1 Å². The van der Waals surface area contributed by atoms with Gasteiger partial charge < -0.3 is 2.85 Å². The molecule has 0 aliphatic carbocycles. The minimum absolute atomic E-state index is 0. The zero-order valence-corrected chi connectivity index (χ0v) is 10.9. The second kappa shape index (κ2) is 9.66. The van der Waals surface area contributed by atoms with Crippen LogP contribution in [0.25, 0.3) is 0 Å². The summed E-state index contributed by atoms with van der Waals surface area (Å²) in [7, 11) is -5.14. The average molecular weight is 199 g/mol. The third kappa shape index (κ3) is 71.7. The minimum Gasteiger partial charge on any atom is -1.00 e. The molecule has 0 fully saturated rings. The molecule has 0 spiro atoms. The molecule has 0 saturated heterocycles. The Balaban J connectivity index is -0.00000000800. The molecule has 8 heteroatoms. The Morgan fingerprint density at radius 3 is 1.38 bits per heavy atom. The van der Waals surface area contributed by atoms with Crippen molar-refractivity contribution in [2.75, 3.05) is 0 Å². The molecular formula is H4FNa2O3PV. The second-order valence-electron chi connectivity index (χ2n) is 0.473. The van der Waals surface area contributed by atoms with E-state index in [2.05, 4.69) is 0 Å². The van der Waals surface area contributed by atoms with Gasteiger partial charge in [0.2, 0.25) is 0 Å². The van der Waals surface area contributed by atoms with Crippen molar-refractivity contribution in [2.45, 2.75) is 0 Å². The SMILES string of the molecule is O=P(O)(O)F.[H-].[H-].[Na+].[Na+].[V]. The van der Waals surface area contributed by atoms with E-state index in [1.807, 2.05) is 0 Å². The summed E-state index contributed by atoms with van der Waals surface area (Å²) in [6.45, 7) is 0. The van der Waals surface area contributed by atoms with Gasteiger partial charge in [-0.05, 0) is 0 Å². The summed E-state index contributed by atoms with van der Waals surface area (Å²) in [5.74, 6) is 0. The maximum Gasteiger partial charge on any atom is 1.00 e. The molecule has 0 aliphatic rings. The van der Waals surface area contributed by atoms with Crippen LogP contribution in [0.4, 0.5) is 4.20 Å². The van der Waals surface area contributed by atoms with Crippen molar-refractivity contribution in [3.63, 3.8) is 0 Å². The molecule has 0 aliphatic heterocycles. The summed E-state index contributed by atoms with van der Waals surface area (Å²) in [5.41, 5.74) is 0. The second-order valence-corrected chi connectivity index (χ2v) is 1.42. The molecule has 0 aromatic carbocycles. The van der Waals surface area contributed by atoms with Gasteiger partial charge in [0.05, 0.1) is 0 Å². The Kier molecular flexibility index (Phi) is 27.1. The first kappa shape index (κ1) is 22.4. The van der Waals surface area contributed by atoms with Crippen LogP contribution in [0.2, 0.25) is 0 Å². The van der Waals surface area contributed by atoms with Crippen LogP contribution in [-0.2, 0) is 23.1 Å². The van der Waals surface area contributed by atoms with Gasteiger partial charge >= 0.3 is 67.0 Å². The quantitative estimate of drug-likeness (QED) is 0.302. The number of halogens is 1. The third-order valence-electron chi connectivity index (χ3n) is 0. The molecule has 0 aromatic rings. The fourth-order valence-corrected chi connectivity index (χ4v) is 0. The zero-order valence-electron chi connectivity index (χ0n) is 6.58. The summed E-state index contributed by atoms with van der Waals surface area (Å²) in [5, 5.41) is 0. The third-order valence-corrected chi connectivity index (χ3v) is 0. The maximum absolute atomic E-state index is 10.4. The van der Waals surface area contributed by atoms with Gasteiger partial charge in [0.15, 0.2) is 0 Å². The molecule has 0 atom stereocenters. The summed E-state index contributed by atoms with van der Waals surface area (Å²) in [6.07, 6.45) is 0. The normalized spacial score (nSPS) is 7.38. The van der Waals surface area contributed by atoms with E-state index >= 15 is 0 Å². The van der Waals surface area contributed by atoms with Crippen molar-refractivity contribution in [2.24, 2.45) is 0 Å². The van der Waals surface area contributed by atoms with Gasteiger partial charge in [-0.15, -0.1) is 4.20 Å². The Bertz CT molecular complexity index is 70.6.